The SMILES string of the molecule is CC(N)CN1C(=O)c2cccc3cc([N+](=O)[O-])cc(c23)C1=O. The first kappa shape index (κ1) is 14.2. The van der Waals surface area contributed by atoms with Crippen molar-refractivity contribution in [3.63, 3.8) is 0 Å². The maximum Gasteiger partial charge on any atom is 0.270 e. The zero-order chi connectivity index (χ0) is 16.0. The van der Waals surface area contributed by atoms with Crippen molar-refractivity contribution in [3.05, 3.63) is 51.6 Å². The fourth-order valence-corrected chi connectivity index (χ4v) is 2.70. The minimum Gasteiger partial charge on any atom is -0.326 e. The molecule has 2 aromatic carbocycles. The second kappa shape index (κ2) is 4.88. The number of nitro groups is 1. The maximum atomic E-state index is 12.6. The van der Waals surface area contributed by atoms with Crippen molar-refractivity contribution in [2.24, 2.45) is 5.73 Å². The Balaban J connectivity index is 2.30. The highest BCUT2D eigenvalue weighted by molar-refractivity contribution is 6.25. The Kier molecular flexibility index (Phi) is 3.14. The topological polar surface area (TPSA) is 107 Å². The van der Waals surface area contributed by atoms with E-state index in [2.05, 4.69) is 0 Å². The first-order valence-corrected chi connectivity index (χ1v) is 6.73. The van der Waals surface area contributed by atoms with E-state index in [1.54, 1.807) is 25.1 Å². The van der Waals surface area contributed by atoms with Crippen LogP contribution in [-0.2, 0) is 0 Å². The highest BCUT2D eigenvalue weighted by Gasteiger charge is 2.34. The van der Waals surface area contributed by atoms with Crippen molar-refractivity contribution < 1.29 is 14.5 Å². The largest absolute Gasteiger partial charge is 0.326 e. The summed E-state index contributed by atoms with van der Waals surface area (Å²) in [5.41, 5.74) is 6.04. The van der Waals surface area contributed by atoms with Crippen molar-refractivity contribution in [2.75, 3.05) is 6.54 Å². The van der Waals surface area contributed by atoms with E-state index >= 15 is 0 Å². The second-order valence-corrected chi connectivity index (χ2v) is 5.35. The number of non-ortho nitro benzene ring substituents is 1. The minimum atomic E-state index is -0.553. The molecule has 0 spiro atoms. The zero-order valence-electron chi connectivity index (χ0n) is 11.8. The van der Waals surface area contributed by atoms with Crippen LogP contribution in [0.3, 0.4) is 0 Å². The van der Waals surface area contributed by atoms with E-state index in [0.29, 0.717) is 16.3 Å². The second-order valence-electron chi connectivity index (χ2n) is 5.35. The molecule has 0 fully saturated rings. The van der Waals surface area contributed by atoms with E-state index in [9.17, 15) is 19.7 Å². The van der Waals surface area contributed by atoms with Gasteiger partial charge in [-0.3, -0.25) is 24.6 Å². The molecule has 3 rings (SSSR count). The van der Waals surface area contributed by atoms with Gasteiger partial charge in [-0.05, 0) is 18.4 Å². The first-order valence-electron chi connectivity index (χ1n) is 6.73. The minimum absolute atomic E-state index is 0.0657. The number of carbonyl (C=O) groups is 2. The third-order valence-electron chi connectivity index (χ3n) is 3.59. The molecule has 0 bridgehead atoms. The lowest BCUT2D eigenvalue weighted by Crippen LogP contribution is -2.45. The van der Waals surface area contributed by atoms with Crippen LogP contribution in [0.15, 0.2) is 30.3 Å². The third-order valence-corrected chi connectivity index (χ3v) is 3.59. The van der Waals surface area contributed by atoms with Gasteiger partial charge >= 0.3 is 0 Å². The van der Waals surface area contributed by atoms with Crippen LogP contribution in [0.2, 0.25) is 0 Å². The van der Waals surface area contributed by atoms with Crippen LogP contribution in [0, 0.1) is 10.1 Å². The standard InChI is InChI=1S/C15H13N3O4/c1-8(16)7-17-14(19)11-4-2-3-9-5-10(18(21)22)6-12(13(9)11)15(17)20/h2-6,8H,7,16H2,1H3. The molecule has 2 N–H and O–H groups in total. The van der Waals surface area contributed by atoms with E-state index in [0.717, 1.165) is 4.90 Å². The maximum absolute atomic E-state index is 12.6. The summed E-state index contributed by atoms with van der Waals surface area (Å²) >= 11 is 0. The van der Waals surface area contributed by atoms with Gasteiger partial charge in [-0.1, -0.05) is 12.1 Å². The Morgan fingerprint density at radius 1 is 1.23 bits per heavy atom. The predicted octanol–water partition coefficient (Wildman–Crippen LogP) is 1.69. The summed E-state index contributed by atoms with van der Waals surface area (Å²) < 4.78 is 0. The summed E-state index contributed by atoms with van der Waals surface area (Å²) in [6.45, 7) is 1.75. The highest BCUT2D eigenvalue weighted by atomic mass is 16.6. The molecule has 0 radical (unpaired) electrons. The lowest BCUT2D eigenvalue weighted by Gasteiger charge is -2.28. The van der Waals surface area contributed by atoms with Crippen molar-refractivity contribution in [3.8, 4) is 0 Å². The number of hydrogen-bond donors (Lipinski definition) is 1. The van der Waals surface area contributed by atoms with Crippen LogP contribution in [0.5, 0.6) is 0 Å². The highest BCUT2D eigenvalue weighted by Crippen LogP contribution is 2.33. The molecule has 112 valence electrons. The number of benzene rings is 2. The van der Waals surface area contributed by atoms with Gasteiger partial charge in [-0.2, -0.15) is 0 Å². The normalized spacial score (nSPS) is 15.3. The number of carbonyl (C=O) groups excluding carboxylic acids is 2. The van der Waals surface area contributed by atoms with E-state index in [-0.39, 0.29) is 23.8 Å². The molecule has 0 aromatic heterocycles. The average molecular weight is 299 g/mol. The smallest absolute Gasteiger partial charge is 0.270 e. The van der Waals surface area contributed by atoms with E-state index in [1.165, 1.54) is 12.1 Å². The van der Waals surface area contributed by atoms with Crippen LogP contribution in [-0.4, -0.2) is 34.2 Å². The molecule has 0 saturated heterocycles. The van der Waals surface area contributed by atoms with Crippen LogP contribution in [0.1, 0.15) is 27.6 Å². The molecule has 0 saturated carbocycles. The van der Waals surface area contributed by atoms with Crippen LogP contribution in [0.25, 0.3) is 10.8 Å². The van der Waals surface area contributed by atoms with Gasteiger partial charge in [-0.15, -0.1) is 0 Å². The summed E-state index contributed by atoms with van der Waals surface area (Å²) in [6.07, 6.45) is 0. The number of imide groups is 1. The Morgan fingerprint density at radius 3 is 2.55 bits per heavy atom. The third kappa shape index (κ3) is 2.03. The molecule has 7 nitrogen and oxygen atoms in total. The van der Waals surface area contributed by atoms with E-state index in [4.69, 9.17) is 5.73 Å². The molecular formula is C15H13N3O4. The molecule has 1 aliphatic rings. The van der Waals surface area contributed by atoms with Gasteiger partial charge in [0.1, 0.15) is 0 Å². The fourth-order valence-electron chi connectivity index (χ4n) is 2.70. The summed E-state index contributed by atoms with van der Waals surface area (Å²) in [5.74, 6) is -0.969. The van der Waals surface area contributed by atoms with Crippen molar-refractivity contribution in [1.29, 1.82) is 0 Å². The number of nitro benzene ring substituents is 1. The lowest BCUT2D eigenvalue weighted by atomic mass is 9.93. The average Bonchev–Trinajstić information content (AvgIpc) is 2.48. The fraction of sp³-hybridized carbons (Fsp3) is 0.200. The Bertz CT molecular complexity index is 829. The molecule has 1 atom stereocenters. The monoisotopic (exact) mass is 299 g/mol. The van der Waals surface area contributed by atoms with Crippen LogP contribution >= 0.6 is 0 Å². The van der Waals surface area contributed by atoms with Crippen LogP contribution in [0.4, 0.5) is 5.69 Å². The van der Waals surface area contributed by atoms with E-state index < -0.39 is 16.7 Å². The Morgan fingerprint density at radius 2 is 1.91 bits per heavy atom. The molecule has 7 heteroatoms. The van der Waals surface area contributed by atoms with Crippen molar-refractivity contribution >= 4 is 28.3 Å². The van der Waals surface area contributed by atoms with Crippen LogP contribution < -0.4 is 5.73 Å². The summed E-state index contributed by atoms with van der Waals surface area (Å²) in [5, 5.41) is 12.0. The molecular weight excluding hydrogens is 286 g/mol. The summed E-state index contributed by atoms with van der Waals surface area (Å²) in [7, 11) is 0. The number of hydrogen-bond acceptors (Lipinski definition) is 5. The predicted molar refractivity (Wildman–Crippen MR) is 79.6 cm³/mol. The van der Waals surface area contributed by atoms with Gasteiger partial charge in [0.25, 0.3) is 17.5 Å². The molecule has 2 amide bonds. The Hall–Kier alpha value is -2.80. The molecule has 22 heavy (non-hydrogen) atoms. The van der Waals surface area contributed by atoms with Gasteiger partial charge < -0.3 is 5.73 Å². The number of nitrogens with two attached hydrogens (primary N) is 1. The summed E-state index contributed by atoms with van der Waals surface area (Å²) in [6, 6.07) is 7.10. The number of amides is 2. The number of nitrogens with zero attached hydrogens (tertiary/aromatic N) is 2. The molecule has 2 aromatic rings. The number of rotatable bonds is 3. The molecule has 1 aliphatic heterocycles. The van der Waals surface area contributed by atoms with Gasteiger partial charge in [0.05, 0.1) is 10.5 Å². The van der Waals surface area contributed by atoms with Gasteiger partial charge in [-0.25, -0.2) is 0 Å². The molecule has 1 unspecified atom stereocenters. The Labute approximate surface area is 125 Å². The molecule has 1 heterocycles. The van der Waals surface area contributed by atoms with Crippen molar-refractivity contribution in [1.82, 2.24) is 4.90 Å². The van der Waals surface area contributed by atoms with Crippen molar-refractivity contribution in [2.45, 2.75) is 13.0 Å². The lowest BCUT2D eigenvalue weighted by molar-refractivity contribution is -0.384. The van der Waals surface area contributed by atoms with Gasteiger partial charge in [0.2, 0.25) is 0 Å². The van der Waals surface area contributed by atoms with E-state index in [1.807, 2.05) is 0 Å². The zero-order valence-corrected chi connectivity index (χ0v) is 11.8. The van der Waals surface area contributed by atoms with Gasteiger partial charge in [0.15, 0.2) is 0 Å². The molecule has 0 aliphatic carbocycles. The van der Waals surface area contributed by atoms with Gasteiger partial charge in [0, 0.05) is 35.7 Å². The quantitative estimate of drug-likeness (QED) is 0.527. The first-order chi connectivity index (χ1) is 10.4. The summed E-state index contributed by atoms with van der Waals surface area (Å²) in [4.78, 5) is 36.6.